The SMILES string of the molecule is O=C(O)C(C=CC(C(=O)O)C(=O)O)C(=O)O. The van der Waals surface area contributed by atoms with Crippen LogP contribution in [0.3, 0.4) is 0 Å². The molecular weight excluding hydrogens is 224 g/mol. The highest BCUT2D eigenvalue weighted by Gasteiger charge is 2.26. The Morgan fingerprint density at radius 2 is 0.812 bits per heavy atom. The van der Waals surface area contributed by atoms with Gasteiger partial charge in [-0.1, -0.05) is 12.2 Å². The molecule has 0 unspecified atom stereocenters. The van der Waals surface area contributed by atoms with Crippen molar-refractivity contribution in [2.45, 2.75) is 0 Å². The fourth-order valence-corrected chi connectivity index (χ4v) is 0.763. The Kier molecular flexibility index (Phi) is 4.67. The Morgan fingerprint density at radius 1 is 0.625 bits per heavy atom. The summed E-state index contributed by atoms with van der Waals surface area (Å²) in [4.78, 5) is 41.5. The summed E-state index contributed by atoms with van der Waals surface area (Å²) in [5.41, 5.74) is 0. The van der Waals surface area contributed by atoms with Crippen molar-refractivity contribution in [3.8, 4) is 0 Å². The molecule has 0 saturated heterocycles. The normalized spacial score (nSPS) is 10.9. The molecule has 0 aromatic carbocycles. The summed E-state index contributed by atoms with van der Waals surface area (Å²) in [7, 11) is 0. The van der Waals surface area contributed by atoms with Crippen molar-refractivity contribution in [3.63, 3.8) is 0 Å². The Labute approximate surface area is 88.4 Å². The van der Waals surface area contributed by atoms with Crippen LogP contribution < -0.4 is 0 Å². The van der Waals surface area contributed by atoms with Gasteiger partial charge in [0, 0.05) is 0 Å². The third-order valence-electron chi connectivity index (χ3n) is 1.56. The van der Waals surface area contributed by atoms with Gasteiger partial charge in [-0.25, -0.2) is 0 Å². The first-order valence-electron chi connectivity index (χ1n) is 3.87. The van der Waals surface area contributed by atoms with E-state index in [1.54, 1.807) is 0 Å². The Hall–Kier alpha value is -2.38. The monoisotopic (exact) mass is 232 g/mol. The van der Waals surface area contributed by atoms with Gasteiger partial charge in [-0.3, -0.25) is 19.2 Å². The molecular formula is C8H8O8. The molecule has 0 spiro atoms. The molecule has 8 heteroatoms. The highest BCUT2D eigenvalue weighted by atomic mass is 16.4. The summed E-state index contributed by atoms with van der Waals surface area (Å²) in [6, 6.07) is 0. The second-order valence-electron chi connectivity index (χ2n) is 2.69. The predicted octanol–water partition coefficient (Wildman–Crippen LogP) is -0.887. The lowest BCUT2D eigenvalue weighted by molar-refractivity contribution is -0.154. The third-order valence-corrected chi connectivity index (χ3v) is 1.56. The average Bonchev–Trinajstić information content (AvgIpc) is 2.09. The van der Waals surface area contributed by atoms with Crippen molar-refractivity contribution in [1.82, 2.24) is 0 Å². The number of aliphatic carboxylic acids is 4. The Balaban J connectivity index is 4.90. The molecule has 0 aliphatic heterocycles. The molecule has 0 atom stereocenters. The van der Waals surface area contributed by atoms with Crippen molar-refractivity contribution in [2.75, 3.05) is 0 Å². The lowest BCUT2D eigenvalue weighted by Crippen LogP contribution is -2.24. The molecule has 8 nitrogen and oxygen atoms in total. The maximum Gasteiger partial charge on any atom is 0.321 e. The molecule has 0 aromatic heterocycles. The van der Waals surface area contributed by atoms with Crippen molar-refractivity contribution in [2.24, 2.45) is 11.8 Å². The van der Waals surface area contributed by atoms with E-state index in [1.165, 1.54) is 0 Å². The van der Waals surface area contributed by atoms with E-state index in [0.717, 1.165) is 0 Å². The van der Waals surface area contributed by atoms with Crippen molar-refractivity contribution in [3.05, 3.63) is 12.2 Å². The topological polar surface area (TPSA) is 149 Å². The molecule has 0 bridgehead atoms. The molecule has 0 aromatic rings. The third kappa shape index (κ3) is 3.78. The van der Waals surface area contributed by atoms with E-state index in [1.807, 2.05) is 0 Å². The van der Waals surface area contributed by atoms with Gasteiger partial charge in [0.1, 0.15) is 0 Å². The minimum absolute atomic E-state index is 0.511. The van der Waals surface area contributed by atoms with Crippen LogP contribution in [-0.4, -0.2) is 44.3 Å². The minimum atomic E-state index is -1.97. The van der Waals surface area contributed by atoms with Crippen LogP contribution in [0.5, 0.6) is 0 Å². The van der Waals surface area contributed by atoms with Crippen LogP contribution in [0.2, 0.25) is 0 Å². The second kappa shape index (κ2) is 5.49. The number of carboxylic acid groups (broad SMARTS) is 4. The summed E-state index contributed by atoms with van der Waals surface area (Å²) in [5.74, 6) is -10.8. The van der Waals surface area contributed by atoms with Crippen molar-refractivity contribution >= 4 is 23.9 Å². The molecule has 4 N–H and O–H groups in total. The highest BCUT2D eigenvalue weighted by molar-refractivity contribution is 5.97. The molecule has 0 fully saturated rings. The van der Waals surface area contributed by atoms with Gasteiger partial charge in [0.05, 0.1) is 0 Å². The molecule has 0 saturated carbocycles. The van der Waals surface area contributed by atoms with E-state index in [-0.39, 0.29) is 0 Å². The van der Waals surface area contributed by atoms with Gasteiger partial charge in [-0.15, -0.1) is 0 Å². The number of carbonyl (C=O) groups is 4. The van der Waals surface area contributed by atoms with E-state index in [2.05, 4.69) is 0 Å². The minimum Gasteiger partial charge on any atom is -0.480 e. The summed E-state index contributed by atoms with van der Waals surface area (Å²) in [6.45, 7) is 0. The van der Waals surface area contributed by atoms with Crippen LogP contribution in [0.15, 0.2) is 12.2 Å². The van der Waals surface area contributed by atoms with Crippen molar-refractivity contribution in [1.29, 1.82) is 0 Å². The van der Waals surface area contributed by atoms with Gasteiger partial charge in [-0.2, -0.15) is 0 Å². The van der Waals surface area contributed by atoms with Gasteiger partial charge in [-0.05, 0) is 0 Å². The van der Waals surface area contributed by atoms with Crippen LogP contribution >= 0.6 is 0 Å². The van der Waals surface area contributed by atoms with E-state index < -0.39 is 35.7 Å². The lowest BCUT2D eigenvalue weighted by Gasteiger charge is -2.03. The van der Waals surface area contributed by atoms with Gasteiger partial charge < -0.3 is 20.4 Å². The summed E-state index contributed by atoms with van der Waals surface area (Å²) in [6.07, 6.45) is 1.02. The second-order valence-corrected chi connectivity index (χ2v) is 2.69. The van der Waals surface area contributed by atoms with E-state index in [4.69, 9.17) is 20.4 Å². The van der Waals surface area contributed by atoms with Gasteiger partial charge in [0.25, 0.3) is 0 Å². The van der Waals surface area contributed by atoms with Gasteiger partial charge >= 0.3 is 23.9 Å². The highest BCUT2D eigenvalue weighted by Crippen LogP contribution is 2.05. The summed E-state index contributed by atoms with van der Waals surface area (Å²) >= 11 is 0. The molecule has 88 valence electrons. The maximum absolute atomic E-state index is 10.4. The fraction of sp³-hybridized carbons (Fsp3) is 0.250. The smallest absolute Gasteiger partial charge is 0.321 e. The molecule has 0 aliphatic rings. The molecule has 0 aliphatic carbocycles. The first kappa shape index (κ1) is 13.6. The van der Waals surface area contributed by atoms with Crippen LogP contribution in [0.4, 0.5) is 0 Å². The first-order chi connectivity index (χ1) is 7.27. The zero-order valence-corrected chi connectivity index (χ0v) is 7.73. The van der Waals surface area contributed by atoms with Crippen LogP contribution in [-0.2, 0) is 19.2 Å². The molecule has 0 amide bonds. The van der Waals surface area contributed by atoms with E-state index >= 15 is 0 Å². The number of hydrogen-bond donors (Lipinski definition) is 4. The Morgan fingerprint density at radius 3 is 0.938 bits per heavy atom. The molecule has 0 radical (unpaired) electrons. The quantitative estimate of drug-likeness (QED) is 0.340. The summed E-state index contributed by atoms with van der Waals surface area (Å²) in [5, 5.41) is 33.6. The fourth-order valence-electron chi connectivity index (χ4n) is 0.763. The molecule has 0 rings (SSSR count). The maximum atomic E-state index is 10.4. The number of hydrogen-bond acceptors (Lipinski definition) is 4. The van der Waals surface area contributed by atoms with Gasteiger partial charge in [0.2, 0.25) is 0 Å². The van der Waals surface area contributed by atoms with E-state index in [9.17, 15) is 19.2 Å². The van der Waals surface area contributed by atoms with Crippen LogP contribution in [0, 0.1) is 11.8 Å². The number of rotatable bonds is 6. The first-order valence-corrected chi connectivity index (χ1v) is 3.87. The Bertz CT molecular complexity index is 293. The predicted molar refractivity (Wildman–Crippen MR) is 46.7 cm³/mol. The van der Waals surface area contributed by atoms with Gasteiger partial charge in [0.15, 0.2) is 11.8 Å². The largest absolute Gasteiger partial charge is 0.480 e. The molecule has 0 heterocycles. The van der Waals surface area contributed by atoms with Crippen LogP contribution in [0.25, 0.3) is 0 Å². The average molecular weight is 232 g/mol. The lowest BCUT2D eigenvalue weighted by atomic mass is 10.0. The van der Waals surface area contributed by atoms with Crippen LogP contribution in [0.1, 0.15) is 0 Å². The number of carboxylic acids is 4. The standard InChI is InChI=1S/C8H8O8/c9-5(10)3(6(11)12)1-2-4(7(13)14)8(15)16/h1-4H,(H,9,10)(H,11,12)(H,13,14)(H,15,16). The van der Waals surface area contributed by atoms with E-state index in [0.29, 0.717) is 12.2 Å². The zero-order valence-electron chi connectivity index (χ0n) is 7.73. The zero-order chi connectivity index (χ0) is 12.9. The summed E-state index contributed by atoms with van der Waals surface area (Å²) < 4.78 is 0. The van der Waals surface area contributed by atoms with Crippen molar-refractivity contribution < 1.29 is 39.6 Å². The molecule has 16 heavy (non-hydrogen) atoms.